The molecule has 0 aromatic carbocycles. The molecule has 5 aliphatic carbocycles. The molecule has 17 nitrogen and oxygen atoms in total. The van der Waals surface area contributed by atoms with Crippen LogP contribution in [-0.2, 0) is 33.2 Å². The second-order valence-corrected chi connectivity index (χ2v) is 23.3. The zero-order valence-corrected chi connectivity index (χ0v) is 38.7. The maximum Gasteiger partial charge on any atom is 0.314 e. The van der Waals surface area contributed by atoms with Crippen LogP contribution in [0.15, 0.2) is 0 Å². The Kier molecular flexibility index (Phi) is 13.4. The summed E-state index contributed by atoms with van der Waals surface area (Å²) in [6.45, 7) is 14.4. The van der Waals surface area contributed by atoms with Crippen molar-refractivity contribution in [3.63, 3.8) is 0 Å². The lowest BCUT2D eigenvalue weighted by Gasteiger charge is -2.73. The molecule has 3 aliphatic heterocycles. The summed E-state index contributed by atoms with van der Waals surface area (Å²) in [5, 5.41) is 106. The number of fused-ring (bicyclic) bond motifs is 7. The number of ether oxygens (including phenoxy) is 6. The molecule has 10 N–H and O–H groups in total. The van der Waals surface area contributed by atoms with Crippen molar-refractivity contribution in [2.24, 2.45) is 56.2 Å². The number of aliphatic hydroxyl groups is 10. The summed E-state index contributed by atoms with van der Waals surface area (Å²) in [7, 11) is 0. The van der Waals surface area contributed by atoms with Crippen LogP contribution in [0.2, 0.25) is 0 Å². The van der Waals surface area contributed by atoms with Crippen LogP contribution >= 0.6 is 0 Å². The van der Waals surface area contributed by atoms with Crippen molar-refractivity contribution in [2.45, 2.75) is 211 Å². The lowest BCUT2D eigenvalue weighted by Crippen LogP contribution is -2.69. The lowest BCUT2D eigenvalue weighted by atomic mass is 9.31. The van der Waals surface area contributed by atoms with Crippen LogP contribution in [0.1, 0.15) is 119 Å². The molecule has 17 heteroatoms. The van der Waals surface area contributed by atoms with E-state index in [4.69, 9.17) is 28.4 Å². The van der Waals surface area contributed by atoms with Gasteiger partial charge in [-0.05, 0) is 123 Å². The van der Waals surface area contributed by atoms with E-state index in [1.807, 2.05) is 0 Å². The van der Waals surface area contributed by atoms with Crippen molar-refractivity contribution in [1.82, 2.24) is 0 Å². The molecule has 8 fully saturated rings. The molecule has 0 amide bonds. The summed E-state index contributed by atoms with van der Waals surface area (Å²) in [6.07, 6.45) is -11.9. The standard InChI is InChI=1S/C47H78O17/c1-22-30(51)33(54)35(56)38(60-22)63-37-31(52)25(50)20-59-40(37)62-29-11-12-43(4)27(44(29,5)21-49)10-13-46(7)28(43)9-8-23-24-18-42(2,3)14-16-47(24,17-15-45(23,46)6)41(58)64-39-36(57)34(55)32(53)26(19-48)61-39/h22-40,48-57H,8-21H2,1-7H3/t22-,23?,24?,25-,26+,27?,28?,29-,30-,31-,32+,33+,34-,35+,36+,37+,38?,39?,40?,43-,44-,45-,46+,47-/m0/s1. The molecule has 3 heterocycles. The third-order valence-corrected chi connectivity index (χ3v) is 19.6. The number of hydrogen-bond donors (Lipinski definition) is 10. The van der Waals surface area contributed by atoms with Gasteiger partial charge in [-0.15, -0.1) is 0 Å². The monoisotopic (exact) mass is 915 g/mol. The molecule has 0 aromatic rings. The average molecular weight is 915 g/mol. The van der Waals surface area contributed by atoms with Gasteiger partial charge >= 0.3 is 5.97 Å². The first kappa shape index (κ1) is 49.3. The van der Waals surface area contributed by atoms with Crippen LogP contribution < -0.4 is 0 Å². The van der Waals surface area contributed by atoms with E-state index in [-0.39, 0.29) is 58.5 Å². The van der Waals surface area contributed by atoms with Gasteiger partial charge in [0.1, 0.15) is 61.0 Å². The zero-order valence-electron chi connectivity index (χ0n) is 38.7. The second-order valence-electron chi connectivity index (χ2n) is 23.3. The van der Waals surface area contributed by atoms with Gasteiger partial charge in [0.25, 0.3) is 0 Å². The Morgan fingerprint density at radius 3 is 1.98 bits per heavy atom. The molecule has 3 saturated heterocycles. The average Bonchev–Trinajstić information content (AvgIpc) is 3.25. The van der Waals surface area contributed by atoms with Crippen LogP contribution in [0, 0.1) is 56.2 Å². The van der Waals surface area contributed by atoms with Crippen molar-refractivity contribution in [3.05, 3.63) is 0 Å². The molecule has 8 aliphatic rings. The van der Waals surface area contributed by atoms with Gasteiger partial charge in [-0.2, -0.15) is 0 Å². The minimum Gasteiger partial charge on any atom is -0.432 e. The molecule has 0 spiro atoms. The van der Waals surface area contributed by atoms with E-state index in [2.05, 4.69) is 41.5 Å². The third kappa shape index (κ3) is 7.56. The van der Waals surface area contributed by atoms with Gasteiger partial charge in [0, 0.05) is 5.41 Å². The SMILES string of the molecule is C[C@@H]1OC(O[C@H]2C(O[C@H]3CC[C@@]4(C)C(CC[C@]5(C)C4CCC4C6CC(C)(C)CC[C@]6(C(=O)OC6O[C@H](CO)[C@@H](O)[C@H](O)[C@H]6O)CC[C@@]45C)[C@]3(C)CO)OC[C@H](O)[C@@H]2O)[C@H](O)[C@H](O)[C@H]1O. The Morgan fingerprint density at radius 1 is 0.625 bits per heavy atom. The highest BCUT2D eigenvalue weighted by atomic mass is 16.8. The third-order valence-electron chi connectivity index (χ3n) is 19.6. The quantitative estimate of drug-likeness (QED) is 0.119. The van der Waals surface area contributed by atoms with Crippen molar-refractivity contribution < 1.29 is 84.3 Å². The van der Waals surface area contributed by atoms with E-state index >= 15 is 0 Å². The Morgan fingerprint density at radius 2 is 1.30 bits per heavy atom. The Labute approximate surface area is 376 Å². The summed E-state index contributed by atoms with van der Waals surface area (Å²) in [5.41, 5.74) is -2.08. The summed E-state index contributed by atoms with van der Waals surface area (Å²) in [4.78, 5) is 14.7. The van der Waals surface area contributed by atoms with Crippen molar-refractivity contribution >= 4 is 5.97 Å². The molecule has 0 aromatic heterocycles. The number of carbonyl (C=O) groups excluding carboxylic acids is 1. The Balaban J connectivity index is 1.02. The molecular formula is C47H78O17. The summed E-state index contributed by atoms with van der Waals surface area (Å²) < 4.78 is 36.1. The normalized spacial score (nSPS) is 56.2. The Bertz CT molecular complexity index is 1680. The smallest absolute Gasteiger partial charge is 0.314 e. The van der Waals surface area contributed by atoms with Crippen LogP contribution in [0.5, 0.6) is 0 Å². The van der Waals surface area contributed by atoms with E-state index in [9.17, 15) is 55.9 Å². The van der Waals surface area contributed by atoms with Gasteiger partial charge in [0.15, 0.2) is 12.6 Å². The first-order chi connectivity index (χ1) is 29.9. The number of esters is 1. The molecular weight excluding hydrogens is 837 g/mol. The number of hydrogen-bond acceptors (Lipinski definition) is 17. The Hall–Kier alpha value is -1.13. The van der Waals surface area contributed by atoms with E-state index in [0.717, 1.165) is 51.4 Å². The van der Waals surface area contributed by atoms with Crippen molar-refractivity contribution in [1.29, 1.82) is 0 Å². The minimum absolute atomic E-state index is 0.0151. The molecule has 24 atom stereocenters. The summed E-state index contributed by atoms with van der Waals surface area (Å²) >= 11 is 0. The molecule has 5 saturated carbocycles. The number of carbonyl (C=O) groups is 1. The van der Waals surface area contributed by atoms with Gasteiger partial charge in [-0.1, -0.05) is 41.5 Å². The summed E-state index contributed by atoms with van der Waals surface area (Å²) in [6, 6.07) is 0. The topological polar surface area (TPSA) is 275 Å². The van der Waals surface area contributed by atoms with Gasteiger partial charge < -0.3 is 79.5 Å². The fourth-order valence-electron chi connectivity index (χ4n) is 15.5. The van der Waals surface area contributed by atoms with E-state index in [1.54, 1.807) is 0 Å². The van der Waals surface area contributed by atoms with Crippen molar-refractivity contribution in [2.75, 3.05) is 19.8 Å². The van der Waals surface area contributed by atoms with E-state index < -0.39 is 116 Å². The van der Waals surface area contributed by atoms with Crippen LogP contribution in [0.3, 0.4) is 0 Å². The largest absolute Gasteiger partial charge is 0.432 e. The highest BCUT2D eigenvalue weighted by Gasteiger charge is 2.72. The predicted molar refractivity (Wildman–Crippen MR) is 224 cm³/mol. The molecule has 0 bridgehead atoms. The van der Waals surface area contributed by atoms with Crippen molar-refractivity contribution in [3.8, 4) is 0 Å². The zero-order chi connectivity index (χ0) is 46.7. The van der Waals surface area contributed by atoms with Crippen LogP contribution in [0.4, 0.5) is 0 Å². The van der Waals surface area contributed by atoms with Gasteiger partial charge in [0.2, 0.25) is 6.29 Å². The van der Waals surface area contributed by atoms with E-state index in [1.165, 1.54) is 6.92 Å². The van der Waals surface area contributed by atoms with E-state index in [0.29, 0.717) is 19.3 Å². The maximum atomic E-state index is 14.7. The molecule has 7 unspecified atom stereocenters. The molecule has 0 radical (unpaired) electrons. The second kappa shape index (κ2) is 17.4. The lowest BCUT2D eigenvalue weighted by molar-refractivity contribution is -0.366. The fourth-order valence-corrected chi connectivity index (χ4v) is 15.5. The molecule has 64 heavy (non-hydrogen) atoms. The van der Waals surface area contributed by atoms with Crippen LogP contribution in [0.25, 0.3) is 0 Å². The first-order valence-electron chi connectivity index (χ1n) is 24.0. The molecule has 368 valence electrons. The maximum absolute atomic E-state index is 14.7. The molecule has 8 rings (SSSR count). The van der Waals surface area contributed by atoms with Gasteiger partial charge in [-0.25, -0.2) is 0 Å². The number of rotatable bonds is 8. The predicted octanol–water partition coefficient (Wildman–Crippen LogP) is 0.860. The minimum atomic E-state index is -1.68. The van der Waals surface area contributed by atoms with Gasteiger partial charge in [-0.3, -0.25) is 4.79 Å². The fraction of sp³-hybridized carbons (Fsp3) is 0.979. The first-order valence-corrected chi connectivity index (χ1v) is 24.0. The number of aliphatic hydroxyl groups excluding tert-OH is 10. The highest BCUT2D eigenvalue weighted by molar-refractivity contribution is 5.78. The summed E-state index contributed by atoms with van der Waals surface area (Å²) in [5.74, 6) is 0.0358. The van der Waals surface area contributed by atoms with Gasteiger partial charge in [0.05, 0.1) is 37.4 Å². The highest BCUT2D eigenvalue weighted by Crippen LogP contribution is 2.77. The van der Waals surface area contributed by atoms with Crippen LogP contribution in [-0.4, -0.2) is 169 Å².